The molecule has 19 heavy (non-hydrogen) atoms. The summed E-state index contributed by atoms with van der Waals surface area (Å²) in [6, 6.07) is 2.89. The molecule has 0 unspecified atom stereocenters. The molecule has 2 heterocycles. The van der Waals surface area contributed by atoms with E-state index in [-0.39, 0.29) is 0 Å². The van der Waals surface area contributed by atoms with Gasteiger partial charge in [0.15, 0.2) is 0 Å². The lowest BCUT2D eigenvalue weighted by atomic mass is 9.84. The minimum absolute atomic E-state index is 0.467. The fourth-order valence-electron chi connectivity index (χ4n) is 3.11. The third-order valence-electron chi connectivity index (χ3n) is 4.34. The first-order valence-electron chi connectivity index (χ1n) is 7.63. The van der Waals surface area contributed by atoms with Crippen molar-refractivity contribution in [1.82, 2.24) is 10.2 Å². The lowest BCUT2D eigenvalue weighted by Gasteiger charge is -2.38. The van der Waals surface area contributed by atoms with Crippen LogP contribution in [-0.4, -0.2) is 24.0 Å². The summed E-state index contributed by atoms with van der Waals surface area (Å²) in [5.41, 5.74) is 1.83. The van der Waals surface area contributed by atoms with Crippen molar-refractivity contribution in [3.8, 4) is 0 Å². The minimum Gasteiger partial charge on any atom is -0.468 e. The first-order valence-corrected chi connectivity index (χ1v) is 7.63. The van der Waals surface area contributed by atoms with Gasteiger partial charge in [-0.1, -0.05) is 13.8 Å². The Labute approximate surface area is 116 Å². The first-order chi connectivity index (χ1) is 9.12. The molecule has 0 atom stereocenters. The average molecular weight is 262 g/mol. The standard InChI is InChI=1S/C16H26N2O/c1-16(2)7-3-8-18(12-16)11-13-6-9-19-15(13)10-17-14-4-5-14/h6,9,14,17H,3-5,7-8,10-12H2,1-2H3. The summed E-state index contributed by atoms with van der Waals surface area (Å²) in [5, 5.41) is 3.54. The van der Waals surface area contributed by atoms with E-state index in [0.717, 1.165) is 24.9 Å². The Morgan fingerprint density at radius 3 is 3.00 bits per heavy atom. The molecule has 3 heteroatoms. The normalized spacial score (nSPS) is 23.7. The van der Waals surface area contributed by atoms with Gasteiger partial charge in [0.25, 0.3) is 0 Å². The SMILES string of the molecule is CC1(C)CCCN(Cc2ccoc2CNC2CC2)C1. The van der Waals surface area contributed by atoms with E-state index in [9.17, 15) is 0 Å². The van der Waals surface area contributed by atoms with Crippen molar-refractivity contribution in [2.75, 3.05) is 13.1 Å². The molecule has 1 aromatic rings. The lowest BCUT2D eigenvalue weighted by molar-refractivity contribution is 0.111. The molecule has 0 aromatic carbocycles. The van der Waals surface area contributed by atoms with Crippen LogP contribution < -0.4 is 5.32 Å². The quantitative estimate of drug-likeness (QED) is 0.883. The summed E-state index contributed by atoms with van der Waals surface area (Å²) in [6.45, 7) is 9.12. The summed E-state index contributed by atoms with van der Waals surface area (Å²) < 4.78 is 5.65. The molecule has 0 spiro atoms. The van der Waals surface area contributed by atoms with Gasteiger partial charge in [0, 0.05) is 24.7 Å². The zero-order chi connectivity index (χ0) is 13.3. The summed E-state index contributed by atoms with van der Waals surface area (Å²) in [5.74, 6) is 1.13. The first kappa shape index (κ1) is 13.2. The molecule has 106 valence electrons. The van der Waals surface area contributed by atoms with Gasteiger partial charge in [0.05, 0.1) is 12.8 Å². The van der Waals surface area contributed by atoms with E-state index in [2.05, 4.69) is 30.1 Å². The molecule has 1 aromatic heterocycles. The van der Waals surface area contributed by atoms with Gasteiger partial charge in [-0.2, -0.15) is 0 Å². The predicted octanol–water partition coefficient (Wildman–Crippen LogP) is 3.15. The largest absolute Gasteiger partial charge is 0.468 e. The maximum absolute atomic E-state index is 5.65. The molecule has 3 rings (SSSR count). The number of nitrogens with zero attached hydrogens (tertiary/aromatic N) is 1. The molecule has 1 aliphatic heterocycles. The van der Waals surface area contributed by atoms with E-state index in [4.69, 9.17) is 4.42 Å². The zero-order valence-corrected chi connectivity index (χ0v) is 12.2. The van der Waals surface area contributed by atoms with Crippen LogP contribution in [0.3, 0.4) is 0 Å². The number of likely N-dealkylation sites (tertiary alicyclic amines) is 1. The van der Waals surface area contributed by atoms with Crippen LogP contribution in [0.5, 0.6) is 0 Å². The third kappa shape index (κ3) is 3.61. The predicted molar refractivity (Wildman–Crippen MR) is 76.9 cm³/mol. The van der Waals surface area contributed by atoms with Crippen molar-refractivity contribution in [2.45, 2.75) is 58.7 Å². The van der Waals surface area contributed by atoms with Crippen molar-refractivity contribution in [1.29, 1.82) is 0 Å². The summed E-state index contributed by atoms with van der Waals surface area (Å²) in [4.78, 5) is 2.58. The van der Waals surface area contributed by atoms with E-state index in [1.54, 1.807) is 0 Å². The summed E-state index contributed by atoms with van der Waals surface area (Å²) in [6.07, 6.45) is 7.17. The Balaban J connectivity index is 1.57. The summed E-state index contributed by atoms with van der Waals surface area (Å²) >= 11 is 0. The van der Waals surface area contributed by atoms with Gasteiger partial charge in [-0.25, -0.2) is 0 Å². The van der Waals surface area contributed by atoms with Crippen LogP contribution in [0, 0.1) is 5.41 Å². The van der Waals surface area contributed by atoms with E-state index in [1.807, 2.05) is 6.26 Å². The highest BCUT2D eigenvalue weighted by Crippen LogP contribution is 2.29. The van der Waals surface area contributed by atoms with Crippen LogP contribution in [0.1, 0.15) is 50.9 Å². The van der Waals surface area contributed by atoms with Crippen molar-refractivity contribution in [2.24, 2.45) is 5.41 Å². The van der Waals surface area contributed by atoms with Crippen molar-refractivity contribution in [3.63, 3.8) is 0 Å². The molecule has 1 saturated heterocycles. The van der Waals surface area contributed by atoms with Crippen LogP contribution in [0.15, 0.2) is 16.7 Å². The second-order valence-electron chi connectivity index (χ2n) is 7.00. The fourth-order valence-corrected chi connectivity index (χ4v) is 3.11. The van der Waals surface area contributed by atoms with Crippen molar-refractivity contribution >= 4 is 0 Å². The van der Waals surface area contributed by atoms with Crippen LogP contribution >= 0.6 is 0 Å². The smallest absolute Gasteiger partial charge is 0.122 e. The molecule has 3 nitrogen and oxygen atoms in total. The van der Waals surface area contributed by atoms with E-state index < -0.39 is 0 Å². The van der Waals surface area contributed by atoms with Crippen molar-refractivity contribution in [3.05, 3.63) is 23.7 Å². The number of nitrogens with one attached hydrogen (secondary N) is 1. The molecule has 2 aliphatic rings. The molecule has 2 fully saturated rings. The van der Waals surface area contributed by atoms with Gasteiger partial charge in [-0.05, 0) is 43.7 Å². The fraction of sp³-hybridized carbons (Fsp3) is 0.750. The number of hydrogen-bond acceptors (Lipinski definition) is 3. The zero-order valence-electron chi connectivity index (χ0n) is 12.2. The Hall–Kier alpha value is -0.800. The molecule has 1 aliphatic carbocycles. The Bertz CT molecular complexity index is 420. The third-order valence-corrected chi connectivity index (χ3v) is 4.34. The second-order valence-corrected chi connectivity index (χ2v) is 7.00. The molecule has 0 radical (unpaired) electrons. The Morgan fingerprint density at radius 2 is 2.26 bits per heavy atom. The van der Waals surface area contributed by atoms with Gasteiger partial charge in [-0.15, -0.1) is 0 Å². The molecule has 0 amide bonds. The molecule has 1 saturated carbocycles. The lowest BCUT2D eigenvalue weighted by Crippen LogP contribution is -2.39. The number of hydrogen-bond donors (Lipinski definition) is 1. The van der Waals surface area contributed by atoms with Gasteiger partial charge in [0.2, 0.25) is 0 Å². The van der Waals surface area contributed by atoms with Gasteiger partial charge in [0.1, 0.15) is 5.76 Å². The number of furan rings is 1. The van der Waals surface area contributed by atoms with Gasteiger partial charge >= 0.3 is 0 Å². The van der Waals surface area contributed by atoms with E-state index in [0.29, 0.717) is 5.41 Å². The van der Waals surface area contributed by atoms with Crippen LogP contribution in [0.25, 0.3) is 0 Å². The Kier molecular flexibility index (Phi) is 3.68. The average Bonchev–Trinajstić information content (AvgIpc) is 3.07. The van der Waals surface area contributed by atoms with Crippen molar-refractivity contribution < 1.29 is 4.42 Å². The number of rotatable bonds is 5. The summed E-state index contributed by atoms with van der Waals surface area (Å²) in [7, 11) is 0. The molecule has 0 bridgehead atoms. The topological polar surface area (TPSA) is 28.4 Å². The molecular formula is C16H26N2O. The number of piperidine rings is 1. The Morgan fingerprint density at radius 1 is 1.42 bits per heavy atom. The van der Waals surface area contributed by atoms with Crippen LogP contribution in [0.2, 0.25) is 0 Å². The monoisotopic (exact) mass is 262 g/mol. The highest BCUT2D eigenvalue weighted by atomic mass is 16.3. The maximum atomic E-state index is 5.65. The van der Waals surface area contributed by atoms with Crippen LogP contribution in [-0.2, 0) is 13.1 Å². The second kappa shape index (κ2) is 5.29. The van der Waals surface area contributed by atoms with Gasteiger partial charge < -0.3 is 9.73 Å². The minimum atomic E-state index is 0.467. The maximum Gasteiger partial charge on any atom is 0.122 e. The van der Waals surface area contributed by atoms with Crippen LogP contribution in [0.4, 0.5) is 0 Å². The van der Waals surface area contributed by atoms with Gasteiger partial charge in [-0.3, -0.25) is 4.90 Å². The van der Waals surface area contributed by atoms with E-state index >= 15 is 0 Å². The highest BCUT2D eigenvalue weighted by Gasteiger charge is 2.27. The molecular weight excluding hydrogens is 236 g/mol. The highest BCUT2D eigenvalue weighted by molar-refractivity contribution is 5.17. The molecule has 1 N–H and O–H groups in total. The van der Waals surface area contributed by atoms with E-state index in [1.165, 1.54) is 44.3 Å².